The third-order valence-corrected chi connectivity index (χ3v) is 2.89. The first-order valence-corrected chi connectivity index (χ1v) is 5.77. The number of anilines is 1. The molecule has 1 aliphatic rings. The normalized spacial score (nSPS) is 16.5. The van der Waals surface area contributed by atoms with Gasteiger partial charge in [-0.3, -0.25) is 9.69 Å². The van der Waals surface area contributed by atoms with Crippen LogP contribution in [0.25, 0.3) is 0 Å². The maximum atomic E-state index is 12.0. The van der Waals surface area contributed by atoms with E-state index in [9.17, 15) is 4.79 Å². The zero-order valence-electron chi connectivity index (χ0n) is 10.1. The van der Waals surface area contributed by atoms with Crippen LogP contribution in [0.1, 0.15) is 0 Å². The van der Waals surface area contributed by atoms with Crippen LogP contribution < -0.4 is 5.73 Å². The van der Waals surface area contributed by atoms with E-state index < -0.39 is 0 Å². The number of nitrogen functional groups attached to an aromatic ring is 1. The van der Waals surface area contributed by atoms with Gasteiger partial charge in [0.15, 0.2) is 0 Å². The van der Waals surface area contributed by atoms with E-state index in [1.807, 2.05) is 4.90 Å². The zero-order chi connectivity index (χ0) is 13.0. The summed E-state index contributed by atoms with van der Waals surface area (Å²) in [5.74, 6) is 2.82. The van der Waals surface area contributed by atoms with Crippen LogP contribution >= 0.6 is 0 Å². The summed E-state index contributed by atoms with van der Waals surface area (Å²) in [7, 11) is 0. The molecule has 0 atom stereocenters. The highest BCUT2D eigenvalue weighted by atomic mass is 16.2. The van der Waals surface area contributed by atoms with Crippen LogP contribution in [0.3, 0.4) is 0 Å². The number of aromatic nitrogens is 3. The Morgan fingerprint density at radius 3 is 2.72 bits per heavy atom. The van der Waals surface area contributed by atoms with E-state index in [0.29, 0.717) is 19.6 Å². The molecule has 1 fully saturated rings. The first-order chi connectivity index (χ1) is 8.69. The maximum Gasteiger partial charge on any atom is 0.244 e. The summed E-state index contributed by atoms with van der Waals surface area (Å²) in [6.07, 6.45) is 6.72. The van der Waals surface area contributed by atoms with Crippen LogP contribution in [0.15, 0.2) is 6.33 Å². The summed E-state index contributed by atoms with van der Waals surface area (Å²) in [5.41, 5.74) is 5.39. The van der Waals surface area contributed by atoms with Crippen molar-refractivity contribution in [3.63, 3.8) is 0 Å². The number of carbonyl (C=O) groups excluding carboxylic acids is 1. The van der Waals surface area contributed by atoms with E-state index >= 15 is 0 Å². The van der Waals surface area contributed by atoms with Crippen LogP contribution in [0.2, 0.25) is 0 Å². The van der Waals surface area contributed by atoms with E-state index in [1.165, 1.54) is 11.0 Å². The fraction of sp³-hybridized carbons (Fsp3) is 0.545. The summed E-state index contributed by atoms with van der Waals surface area (Å²) in [4.78, 5) is 19.7. The number of amides is 1. The Morgan fingerprint density at radius 2 is 2.17 bits per heavy atom. The first-order valence-electron chi connectivity index (χ1n) is 5.77. The van der Waals surface area contributed by atoms with Gasteiger partial charge >= 0.3 is 0 Å². The predicted molar refractivity (Wildman–Crippen MR) is 66.3 cm³/mol. The van der Waals surface area contributed by atoms with Crippen molar-refractivity contribution in [2.24, 2.45) is 0 Å². The van der Waals surface area contributed by atoms with E-state index in [0.717, 1.165) is 13.1 Å². The fourth-order valence-corrected chi connectivity index (χ4v) is 1.91. The second-order valence-electron chi connectivity index (χ2n) is 4.16. The van der Waals surface area contributed by atoms with Gasteiger partial charge in [0.25, 0.3) is 0 Å². The Labute approximate surface area is 106 Å². The van der Waals surface area contributed by atoms with Crippen LogP contribution in [0, 0.1) is 12.3 Å². The molecule has 1 aromatic rings. The van der Waals surface area contributed by atoms with Crippen molar-refractivity contribution in [3.05, 3.63) is 6.33 Å². The van der Waals surface area contributed by atoms with Gasteiger partial charge in [-0.2, -0.15) is 0 Å². The number of carbonyl (C=O) groups is 1. The molecule has 0 aromatic carbocycles. The largest absolute Gasteiger partial charge is 0.367 e. The quantitative estimate of drug-likeness (QED) is 0.668. The molecule has 0 spiro atoms. The lowest BCUT2D eigenvalue weighted by Crippen LogP contribution is -2.49. The van der Waals surface area contributed by atoms with E-state index in [4.69, 9.17) is 12.2 Å². The molecule has 0 radical (unpaired) electrons. The third-order valence-electron chi connectivity index (χ3n) is 2.89. The Morgan fingerprint density at radius 1 is 1.44 bits per heavy atom. The Kier molecular flexibility index (Phi) is 3.79. The van der Waals surface area contributed by atoms with Crippen LogP contribution in [-0.4, -0.2) is 63.2 Å². The standard InChI is InChI=1S/C11H16N6O/c1-2-3-15-4-6-16(7-5-15)10(18)8-17-9-13-11(12)14-17/h1,9H,3-8H2,(H2,12,14). The molecule has 2 rings (SSSR count). The molecule has 1 amide bonds. The van der Waals surface area contributed by atoms with Gasteiger partial charge in [-0.1, -0.05) is 5.92 Å². The molecule has 1 saturated heterocycles. The van der Waals surface area contributed by atoms with Gasteiger partial charge < -0.3 is 10.6 Å². The molecule has 18 heavy (non-hydrogen) atoms. The minimum atomic E-state index is 0.0280. The summed E-state index contributed by atoms with van der Waals surface area (Å²) >= 11 is 0. The molecule has 0 bridgehead atoms. The molecule has 2 N–H and O–H groups in total. The summed E-state index contributed by atoms with van der Waals surface area (Å²) in [5, 5.41) is 3.89. The van der Waals surface area contributed by atoms with Gasteiger partial charge in [0.05, 0.1) is 6.54 Å². The number of nitrogens with two attached hydrogens (primary N) is 1. The van der Waals surface area contributed by atoms with E-state index in [-0.39, 0.29) is 18.4 Å². The first kappa shape index (κ1) is 12.4. The molecule has 0 saturated carbocycles. The lowest BCUT2D eigenvalue weighted by Gasteiger charge is -2.33. The lowest BCUT2D eigenvalue weighted by molar-refractivity contribution is -0.133. The Bertz CT molecular complexity index is 454. The third kappa shape index (κ3) is 2.99. The molecule has 7 heteroatoms. The summed E-state index contributed by atoms with van der Waals surface area (Å²) in [6.45, 7) is 3.85. The van der Waals surface area contributed by atoms with Gasteiger partial charge in [-0.05, 0) is 0 Å². The maximum absolute atomic E-state index is 12.0. The minimum absolute atomic E-state index is 0.0280. The van der Waals surface area contributed by atoms with Crippen molar-refractivity contribution < 1.29 is 4.79 Å². The van der Waals surface area contributed by atoms with E-state index in [1.54, 1.807) is 0 Å². The van der Waals surface area contributed by atoms with Gasteiger partial charge in [-0.15, -0.1) is 11.5 Å². The number of hydrogen-bond donors (Lipinski definition) is 1. The molecule has 1 aromatic heterocycles. The highest BCUT2D eigenvalue weighted by Crippen LogP contribution is 2.03. The lowest BCUT2D eigenvalue weighted by atomic mass is 10.3. The Balaban J connectivity index is 1.83. The minimum Gasteiger partial charge on any atom is -0.367 e. The zero-order valence-corrected chi connectivity index (χ0v) is 10.1. The number of rotatable bonds is 3. The molecule has 0 unspecified atom stereocenters. The fourth-order valence-electron chi connectivity index (χ4n) is 1.91. The average molecular weight is 248 g/mol. The van der Waals surface area contributed by atoms with Gasteiger partial charge in [0, 0.05) is 26.2 Å². The van der Waals surface area contributed by atoms with Gasteiger partial charge in [0.2, 0.25) is 11.9 Å². The molecule has 7 nitrogen and oxygen atoms in total. The molecule has 1 aliphatic heterocycles. The number of terminal acetylenes is 1. The number of piperazine rings is 1. The van der Waals surface area contributed by atoms with Crippen molar-refractivity contribution in [2.75, 3.05) is 38.5 Å². The van der Waals surface area contributed by atoms with Crippen molar-refractivity contribution in [1.29, 1.82) is 0 Å². The number of hydrogen-bond acceptors (Lipinski definition) is 5. The van der Waals surface area contributed by atoms with Crippen LogP contribution in [0.5, 0.6) is 0 Å². The SMILES string of the molecule is C#CCN1CCN(C(=O)Cn2cnc(N)n2)CC1. The summed E-state index contributed by atoms with van der Waals surface area (Å²) in [6, 6.07) is 0. The predicted octanol–water partition coefficient (Wildman–Crippen LogP) is -1.36. The second-order valence-corrected chi connectivity index (χ2v) is 4.16. The molecule has 2 heterocycles. The monoisotopic (exact) mass is 248 g/mol. The van der Waals surface area contributed by atoms with Crippen molar-refractivity contribution >= 4 is 11.9 Å². The topological polar surface area (TPSA) is 80.3 Å². The van der Waals surface area contributed by atoms with Crippen molar-refractivity contribution in [1.82, 2.24) is 24.6 Å². The van der Waals surface area contributed by atoms with Crippen molar-refractivity contribution in [3.8, 4) is 12.3 Å². The van der Waals surface area contributed by atoms with Crippen LogP contribution in [-0.2, 0) is 11.3 Å². The number of nitrogens with zero attached hydrogens (tertiary/aromatic N) is 5. The van der Waals surface area contributed by atoms with Gasteiger partial charge in [0.1, 0.15) is 12.9 Å². The summed E-state index contributed by atoms with van der Waals surface area (Å²) < 4.78 is 1.45. The highest BCUT2D eigenvalue weighted by Gasteiger charge is 2.20. The molecular formula is C11H16N6O. The smallest absolute Gasteiger partial charge is 0.244 e. The second kappa shape index (κ2) is 5.51. The van der Waals surface area contributed by atoms with E-state index in [2.05, 4.69) is 20.9 Å². The molecule has 0 aliphatic carbocycles. The average Bonchev–Trinajstić information content (AvgIpc) is 2.76. The van der Waals surface area contributed by atoms with Gasteiger partial charge in [-0.25, -0.2) is 9.67 Å². The highest BCUT2D eigenvalue weighted by molar-refractivity contribution is 5.76. The molecule has 96 valence electrons. The molecular weight excluding hydrogens is 232 g/mol. The van der Waals surface area contributed by atoms with Crippen LogP contribution in [0.4, 0.5) is 5.95 Å². The van der Waals surface area contributed by atoms with Crippen molar-refractivity contribution in [2.45, 2.75) is 6.54 Å². The Hall–Kier alpha value is -2.07.